The topological polar surface area (TPSA) is 113 Å². The van der Waals surface area contributed by atoms with Gasteiger partial charge in [-0.15, -0.1) is 6.58 Å². The summed E-state index contributed by atoms with van der Waals surface area (Å²) in [4.78, 5) is 25.6. The second-order valence-corrected chi connectivity index (χ2v) is 8.62. The van der Waals surface area contributed by atoms with E-state index in [1.807, 2.05) is 42.5 Å². The highest BCUT2D eigenvalue weighted by atomic mass is 16.5. The van der Waals surface area contributed by atoms with Crippen LogP contribution in [0.15, 0.2) is 104 Å². The van der Waals surface area contributed by atoms with Crippen molar-refractivity contribution >= 4 is 28.3 Å². The standard InChI is InChI=1S/C31H24N6O2/c1-2-12-39-20-36-27-5-3-4-24(15-27)28-16-25(14-26-18-33-19-35-30(26)28)22-6-8-23(9-7-22)31(38)37-29-13-21(17-32)10-11-34-29/h2-11,13-16,18-19,36H,1,12,20H2,(H,34,37,38). The maximum absolute atomic E-state index is 12.7. The zero-order chi connectivity index (χ0) is 27.0. The van der Waals surface area contributed by atoms with Gasteiger partial charge in [-0.2, -0.15) is 5.26 Å². The third-order valence-corrected chi connectivity index (χ3v) is 6.01. The maximum atomic E-state index is 12.7. The van der Waals surface area contributed by atoms with E-state index in [2.05, 4.69) is 44.3 Å². The summed E-state index contributed by atoms with van der Waals surface area (Å²) in [5.74, 6) is 0.0180. The molecule has 39 heavy (non-hydrogen) atoms. The first kappa shape index (κ1) is 25.3. The Bertz CT molecular complexity index is 1690. The van der Waals surface area contributed by atoms with Crippen LogP contribution < -0.4 is 10.6 Å². The molecule has 0 saturated carbocycles. The number of benzene rings is 3. The van der Waals surface area contributed by atoms with Crippen LogP contribution in [0.25, 0.3) is 33.2 Å². The molecule has 0 aliphatic rings. The predicted octanol–water partition coefficient (Wildman–Crippen LogP) is 6.05. The second-order valence-electron chi connectivity index (χ2n) is 8.62. The van der Waals surface area contributed by atoms with Crippen LogP contribution in [-0.2, 0) is 4.74 Å². The van der Waals surface area contributed by atoms with Gasteiger partial charge >= 0.3 is 0 Å². The molecule has 8 heteroatoms. The summed E-state index contributed by atoms with van der Waals surface area (Å²) in [6, 6.07) is 24.7. The number of aromatic nitrogens is 3. The van der Waals surface area contributed by atoms with E-state index in [1.165, 1.54) is 12.3 Å². The average Bonchev–Trinajstić information content (AvgIpc) is 2.99. The van der Waals surface area contributed by atoms with E-state index in [4.69, 9.17) is 10.00 Å². The molecule has 0 unspecified atom stereocenters. The van der Waals surface area contributed by atoms with E-state index >= 15 is 0 Å². The number of carbonyl (C=O) groups excluding carboxylic acids is 1. The van der Waals surface area contributed by atoms with Crippen molar-refractivity contribution in [2.45, 2.75) is 0 Å². The SMILES string of the molecule is C=CCOCNc1cccc(-c2cc(-c3ccc(C(=O)Nc4cc(C#N)ccn4)cc3)cc3cncnc23)c1. The minimum absolute atomic E-state index is 0.307. The van der Waals surface area contributed by atoms with E-state index in [0.29, 0.717) is 30.3 Å². The highest BCUT2D eigenvalue weighted by molar-refractivity contribution is 6.04. The quantitative estimate of drug-likeness (QED) is 0.140. The molecule has 0 bridgehead atoms. The molecule has 2 aromatic heterocycles. The monoisotopic (exact) mass is 512 g/mol. The van der Waals surface area contributed by atoms with Gasteiger partial charge in [-0.1, -0.05) is 30.3 Å². The van der Waals surface area contributed by atoms with Gasteiger partial charge in [0.1, 0.15) is 18.9 Å². The van der Waals surface area contributed by atoms with Gasteiger partial charge < -0.3 is 15.4 Å². The molecule has 0 spiro atoms. The van der Waals surface area contributed by atoms with Gasteiger partial charge in [0.2, 0.25) is 0 Å². The third kappa shape index (κ3) is 5.96. The molecule has 8 nitrogen and oxygen atoms in total. The number of nitrogens with one attached hydrogen (secondary N) is 2. The average molecular weight is 513 g/mol. The Morgan fingerprint density at radius 2 is 1.87 bits per heavy atom. The van der Waals surface area contributed by atoms with Crippen LogP contribution in [0.4, 0.5) is 11.5 Å². The molecule has 0 aliphatic heterocycles. The van der Waals surface area contributed by atoms with Crippen LogP contribution in [0.2, 0.25) is 0 Å². The van der Waals surface area contributed by atoms with Crippen LogP contribution >= 0.6 is 0 Å². The summed E-state index contributed by atoms with van der Waals surface area (Å²) < 4.78 is 5.45. The molecule has 3 aromatic carbocycles. The fourth-order valence-corrected chi connectivity index (χ4v) is 4.14. The van der Waals surface area contributed by atoms with Gasteiger partial charge in [0, 0.05) is 34.6 Å². The van der Waals surface area contributed by atoms with Crippen molar-refractivity contribution < 1.29 is 9.53 Å². The summed E-state index contributed by atoms with van der Waals surface area (Å²) in [6.07, 6.45) is 6.54. The number of amides is 1. The summed E-state index contributed by atoms with van der Waals surface area (Å²) in [5, 5.41) is 16.0. The van der Waals surface area contributed by atoms with Crippen LogP contribution in [0.3, 0.4) is 0 Å². The van der Waals surface area contributed by atoms with Crippen LogP contribution in [0, 0.1) is 11.3 Å². The van der Waals surface area contributed by atoms with Crippen molar-refractivity contribution in [3.8, 4) is 28.3 Å². The number of hydrogen-bond donors (Lipinski definition) is 2. The molecule has 2 heterocycles. The number of carbonyl (C=O) groups is 1. The number of hydrogen-bond acceptors (Lipinski definition) is 7. The number of rotatable bonds is 9. The molecule has 5 aromatic rings. The van der Waals surface area contributed by atoms with Crippen molar-refractivity contribution in [2.75, 3.05) is 24.0 Å². The molecule has 5 rings (SSSR count). The van der Waals surface area contributed by atoms with Crippen molar-refractivity contribution in [1.82, 2.24) is 15.0 Å². The Kier molecular flexibility index (Phi) is 7.63. The predicted molar refractivity (Wildman–Crippen MR) is 152 cm³/mol. The smallest absolute Gasteiger partial charge is 0.256 e. The van der Waals surface area contributed by atoms with Crippen molar-refractivity contribution in [1.29, 1.82) is 5.26 Å². The van der Waals surface area contributed by atoms with E-state index in [0.717, 1.165) is 38.8 Å². The molecule has 2 N–H and O–H groups in total. The van der Waals surface area contributed by atoms with Crippen molar-refractivity contribution in [2.24, 2.45) is 0 Å². The number of ether oxygens (including phenoxy) is 1. The van der Waals surface area contributed by atoms with Crippen molar-refractivity contribution in [3.63, 3.8) is 0 Å². The molecule has 0 fully saturated rings. The highest BCUT2D eigenvalue weighted by Crippen LogP contribution is 2.34. The second kappa shape index (κ2) is 11.8. The first-order valence-corrected chi connectivity index (χ1v) is 12.2. The first-order valence-electron chi connectivity index (χ1n) is 12.2. The molecular formula is C31H24N6O2. The van der Waals surface area contributed by atoms with Gasteiger partial charge in [-0.3, -0.25) is 4.79 Å². The molecule has 1 amide bonds. The summed E-state index contributed by atoms with van der Waals surface area (Å²) in [7, 11) is 0. The van der Waals surface area contributed by atoms with Gasteiger partial charge in [0.25, 0.3) is 5.91 Å². The molecule has 0 radical (unpaired) electrons. The Morgan fingerprint density at radius 1 is 1.00 bits per heavy atom. The lowest BCUT2D eigenvalue weighted by Gasteiger charge is -2.13. The van der Waals surface area contributed by atoms with E-state index in [1.54, 1.807) is 36.8 Å². The van der Waals surface area contributed by atoms with Crippen LogP contribution in [0.5, 0.6) is 0 Å². The molecular weight excluding hydrogens is 488 g/mol. The summed E-state index contributed by atoms with van der Waals surface area (Å²) in [5.41, 5.74) is 6.54. The van der Waals surface area contributed by atoms with E-state index in [-0.39, 0.29) is 5.91 Å². The zero-order valence-corrected chi connectivity index (χ0v) is 21.0. The molecule has 0 atom stereocenters. The Labute approximate surface area is 225 Å². The molecule has 0 aliphatic carbocycles. The largest absolute Gasteiger partial charge is 0.363 e. The Morgan fingerprint density at radius 3 is 2.69 bits per heavy atom. The maximum Gasteiger partial charge on any atom is 0.256 e. The Balaban J connectivity index is 1.43. The fraction of sp³-hybridized carbons (Fsp3) is 0.0645. The molecule has 190 valence electrons. The van der Waals surface area contributed by atoms with Gasteiger partial charge in [0.05, 0.1) is 23.8 Å². The number of nitriles is 1. The minimum atomic E-state index is -0.307. The summed E-state index contributed by atoms with van der Waals surface area (Å²) >= 11 is 0. The normalized spacial score (nSPS) is 10.5. The minimum Gasteiger partial charge on any atom is -0.363 e. The van der Waals surface area contributed by atoms with Gasteiger partial charge in [-0.05, 0) is 65.2 Å². The lowest BCUT2D eigenvalue weighted by atomic mass is 9.95. The summed E-state index contributed by atoms with van der Waals surface area (Å²) in [6.45, 7) is 4.51. The fourth-order valence-electron chi connectivity index (χ4n) is 4.14. The van der Waals surface area contributed by atoms with E-state index < -0.39 is 0 Å². The van der Waals surface area contributed by atoms with Gasteiger partial charge in [0.15, 0.2) is 0 Å². The number of anilines is 2. The highest BCUT2D eigenvalue weighted by Gasteiger charge is 2.12. The van der Waals surface area contributed by atoms with E-state index in [9.17, 15) is 4.79 Å². The van der Waals surface area contributed by atoms with Crippen molar-refractivity contribution in [3.05, 3.63) is 115 Å². The lowest BCUT2D eigenvalue weighted by molar-refractivity contribution is 0.102. The van der Waals surface area contributed by atoms with Crippen LogP contribution in [0.1, 0.15) is 15.9 Å². The molecule has 0 saturated heterocycles. The zero-order valence-electron chi connectivity index (χ0n) is 21.0. The number of nitrogens with zero attached hydrogens (tertiary/aromatic N) is 4. The lowest BCUT2D eigenvalue weighted by Crippen LogP contribution is -2.12. The van der Waals surface area contributed by atoms with Gasteiger partial charge in [-0.25, -0.2) is 15.0 Å². The third-order valence-electron chi connectivity index (χ3n) is 6.01. The number of pyridine rings is 1. The first-order chi connectivity index (χ1) is 19.1. The van der Waals surface area contributed by atoms with Crippen LogP contribution in [-0.4, -0.2) is 34.2 Å². The Hall–Kier alpha value is -5.39. The number of fused-ring (bicyclic) bond motifs is 1.